The van der Waals surface area contributed by atoms with E-state index in [2.05, 4.69) is 5.32 Å². The fraction of sp³-hybridized carbons (Fsp3) is 0.250. The van der Waals surface area contributed by atoms with E-state index in [1.165, 1.54) is 0 Å². The first-order valence-corrected chi connectivity index (χ1v) is 10.1. The van der Waals surface area contributed by atoms with Crippen molar-refractivity contribution in [2.75, 3.05) is 11.9 Å². The lowest BCUT2D eigenvalue weighted by Crippen LogP contribution is -2.43. The fourth-order valence-electron chi connectivity index (χ4n) is 3.66. The number of amides is 2. The minimum absolute atomic E-state index is 0.103. The number of ether oxygens (including phenoxy) is 1. The van der Waals surface area contributed by atoms with Crippen molar-refractivity contribution in [1.82, 2.24) is 4.90 Å². The molecule has 3 aromatic rings. The van der Waals surface area contributed by atoms with Crippen LogP contribution in [0.3, 0.4) is 0 Å². The molecule has 1 N–H and O–H groups in total. The van der Waals surface area contributed by atoms with Gasteiger partial charge in [-0.05, 0) is 54.8 Å². The van der Waals surface area contributed by atoms with E-state index in [0.717, 1.165) is 17.7 Å². The number of benzene rings is 2. The van der Waals surface area contributed by atoms with Gasteiger partial charge in [0.05, 0.1) is 12.9 Å². The maximum absolute atomic E-state index is 12.9. The molecule has 1 fully saturated rings. The minimum atomic E-state index is -0.462. The van der Waals surface area contributed by atoms with Gasteiger partial charge in [0.15, 0.2) is 0 Å². The predicted octanol–water partition coefficient (Wildman–Crippen LogP) is 4.24. The number of anilines is 1. The highest BCUT2D eigenvalue weighted by Crippen LogP contribution is 2.22. The standard InChI is InChI=1S/C24H24N2O4/c27-23(22-12-5-13-26(22)24(28)19-8-2-1-3-9-19)25-20-10-4-7-18(15-20)16-29-17-21-11-6-14-30-21/h1-4,6-11,14-15,22H,5,12-13,16-17H2,(H,25,27). The topological polar surface area (TPSA) is 71.8 Å². The summed E-state index contributed by atoms with van der Waals surface area (Å²) >= 11 is 0. The van der Waals surface area contributed by atoms with Crippen molar-refractivity contribution in [3.05, 3.63) is 89.9 Å². The Kier molecular flexibility index (Phi) is 6.25. The normalized spacial score (nSPS) is 15.9. The summed E-state index contributed by atoms with van der Waals surface area (Å²) in [6, 6.07) is 19.9. The third-order valence-corrected chi connectivity index (χ3v) is 5.12. The average Bonchev–Trinajstić information content (AvgIpc) is 3.46. The van der Waals surface area contributed by atoms with Crippen LogP contribution in [-0.2, 0) is 22.7 Å². The Morgan fingerprint density at radius 3 is 2.70 bits per heavy atom. The van der Waals surface area contributed by atoms with Crippen LogP contribution in [0.15, 0.2) is 77.4 Å². The van der Waals surface area contributed by atoms with E-state index < -0.39 is 6.04 Å². The molecule has 6 heteroatoms. The predicted molar refractivity (Wildman–Crippen MR) is 113 cm³/mol. The van der Waals surface area contributed by atoms with Gasteiger partial charge in [-0.1, -0.05) is 30.3 Å². The zero-order valence-electron chi connectivity index (χ0n) is 16.6. The van der Waals surface area contributed by atoms with E-state index in [1.807, 2.05) is 54.6 Å². The molecule has 1 aromatic heterocycles. The Morgan fingerprint density at radius 2 is 1.90 bits per heavy atom. The van der Waals surface area contributed by atoms with Gasteiger partial charge in [-0.15, -0.1) is 0 Å². The van der Waals surface area contributed by atoms with E-state index in [1.54, 1.807) is 23.3 Å². The number of likely N-dealkylation sites (tertiary alicyclic amines) is 1. The SMILES string of the molecule is O=C(Nc1cccc(COCc2ccco2)c1)C1CCCN1C(=O)c1ccccc1. The first kappa shape index (κ1) is 19.9. The monoisotopic (exact) mass is 404 g/mol. The molecule has 4 rings (SSSR count). The summed E-state index contributed by atoms with van der Waals surface area (Å²) in [4.78, 5) is 27.4. The molecule has 1 aliphatic heterocycles. The zero-order valence-corrected chi connectivity index (χ0v) is 16.6. The number of rotatable bonds is 7. The quantitative estimate of drug-likeness (QED) is 0.639. The summed E-state index contributed by atoms with van der Waals surface area (Å²) in [6.07, 6.45) is 3.09. The zero-order chi connectivity index (χ0) is 20.8. The molecule has 2 amide bonds. The number of carbonyl (C=O) groups is 2. The molecule has 2 aromatic carbocycles. The maximum atomic E-state index is 12.9. The largest absolute Gasteiger partial charge is 0.467 e. The van der Waals surface area contributed by atoms with Crippen LogP contribution in [0.4, 0.5) is 5.69 Å². The van der Waals surface area contributed by atoms with Gasteiger partial charge in [0.25, 0.3) is 5.91 Å². The minimum Gasteiger partial charge on any atom is -0.467 e. The van der Waals surface area contributed by atoms with Crippen LogP contribution in [0, 0.1) is 0 Å². The molecule has 154 valence electrons. The van der Waals surface area contributed by atoms with Crippen molar-refractivity contribution in [2.45, 2.75) is 32.1 Å². The summed E-state index contributed by atoms with van der Waals surface area (Å²) in [5.74, 6) is 0.502. The van der Waals surface area contributed by atoms with Crippen molar-refractivity contribution in [3.63, 3.8) is 0 Å². The van der Waals surface area contributed by atoms with Crippen LogP contribution in [0.5, 0.6) is 0 Å². The number of carbonyl (C=O) groups excluding carboxylic acids is 2. The Labute approximate surface area is 175 Å². The second-order valence-corrected chi connectivity index (χ2v) is 7.28. The first-order chi connectivity index (χ1) is 14.7. The van der Waals surface area contributed by atoms with Crippen LogP contribution in [-0.4, -0.2) is 29.3 Å². The number of furan rings is 1. The van der Waals surface area contributed by atoms with E-state index >= 15 is 0 Å². The van der Waals surface area contributed by atoms with Crippen LogP contribution < -0.4 is 5.32 Å². The van der Waals surface area contributed by atoms with Gasteiger partial charge in [-0.2, -0.15) is 0 Å². The lowest BCUT2D eigenvalue weighted by atomic mass is 10.1. The summed E-state index contributed by atoms with van der Waals surface area (Å²) in [5, 5.41) is 2.96. The maximum Gasteiger partial charge on any atom is 0.254 e. The van der Waals surface area contributed by atoms with Crippen LogP contribution in [0.25, 0.3) is 0 Å². The van der Waals surface area contributed by atoms with E-state index in [4.69, 9.17) is 9.15 Å². The van der Waals surface area contributed by atoms with E-state index in [9.17, 15) is 9.59 Å². The third-order valence-electron chi connectivity index (χ3n) is 5.12. The lowest BCUT2D eigenvalue weighted by molar-refractivity contribution is -0.119. The molecular formula is C24H24N2O4. The van der Waals surface area contributed by atoms with Crippen molar-refractivity contribution >= 4 is 17.5 Å². The van der Waals surface area contributed by atoms with Gasteiger partial charge in [0.1, 0.15) is 18.4 Å². The van der Waals surface area contributed by atoms with E-state index in [-0.39, 0.29) is 11.8 Å². The molecule has 1 unspecified atom stereocenters. The molecule has 0 radical (unpaired) electrons. The highest BCUT2D eigenvalue weighted by Gasteiger charge is 2.34. The van der Waals surface area contributed by atoms with E-state index in [0.29, 0.717) is 37.4 Å². The van der Waals surface area contributed by atoms with Gasteiger partial charge in [0.2, 0.25) is 5.91 Å². The van der Waals surface area contributed by atoms with Crippen LogP contribution in [0.2, 0.25) is 0 Å². The summed E-state index contributed by atoms with van der Waals surface area (Å²) in [5.41, 5.74) is 2.24. The molecule has 0 spiro atoms. The number of hydrogen-bond acceptors (Lipinski definition) is 4. The second-order valence-electron chi connectivity index (χ2n) is 7.28. The van der Waals surface area contributed by atoms with Gasteiger partial charge < -0.3 is 19.4 Å². The number of hydrogen-bond donors (Lipinski definition) is 1. The van der Waals surface area contributed by atoms with Crippen LogP contribution in [0.1, 0.15) is 34.5 Å². The summed E-state index contributed by atoms with van der Waals surface area (Å²) in [7, 11) is 0. The van der Waals surface area contributed by atoms with Crippen molar-refractivity contribution in [1.29, 1.82) is 0 Å². The molecule has 2 heterocycles. The molecule has 1 saturated heterocycles. The Hall–Kier alpha value is -3.38. The smallest absolute Gasteiger partial charge is 0.254 e. The molecule has 0 saturated carbocycles. The lowest BCUT2D eigenvalue weighted by Gasteiger charge is -2.24. The molecule has 0 aliphatic carbocycles. The Bertz CT molecular complexity index is 985. The van der Waals surface area contributed by atoms with Crippen molar-refractivity contribution < 1.29 is 18.7 Å². The number of nitrogens with one attached hydrogen (secondary N) is 1. The molecule has 6 nitrogen and oxygen atoms in total. The third kappa shape index (κ3) is 4.78. The summed E-state index contributed by atoms with van der Waals surface area (Å²) < 4.78 is 10.9. The fourth-order valence-corrected chi connectivity index (χ4v) is 3.66. The molecular weight excluding hydrogens is 380 g/mol. The Balaban J connectivity index is 1.36. The van der Waals surface area contributed by atoms with Gasteiger partial charge in [0, 0.05) is 17.8 Å². The van der Waals surface area contributed by atoms with Gasteiger partial charge in [-0.25, -0.2) is 0 Å². The summed E-state index contributed by atoms with van der Waals surface area (Å²) in [6.45, 7) is 1.39. The second kappa shape index (κ2) is 9.41. The molecule has 1 aliphatic rings. The average molecular weight is 404 g/mol. The molecule has 0 bridgehead atoms. The van der Waals surface area contributed by atoms with Crippen LogP contribution >= 0.6 is 0 Å². The van der Waals surface area contributed by atoms with Gasteiger partial charge >= 0.3 is 0 Å². The highest BCUT2D eigenvalue weighted by atomic mass is 16.5. The number of nitrogens with zero attached hydrogens (tertiary/aromatic N) is 1. The first-order valence-electron chi connectivity index (χ1n) is 10.1. The van der Waals surface area contributed by atoms with Crippen molar-refractivity contribution in [2.24, 2.45) is 0 Å². The Morgan fingerprint density at radius 1 is 1.03 bits per heavy atom. The van der Waals surface area contributed by atoms with Gasteiger partial charge in [-0.3, -0.25) is 9.59 Å². The molecule has 1 atom stereocenters. The van der Waals surface area contributed by atoms with Crippen molar-refractivity contribution in [3.8, 4) is 0 Å². The highest BCUT2D eigenvalue weighted by molar-refractivity contribution is 6.01. The molecule has 30 heavy (non-hydrogen) atoms.